The lowest BCUT2D eigenvalue weighted by molar-refractivity contribution is -0.385. The monoisotopic (exact) mass is 440 g/mol. The van der Waals surface area contributed by atoms with Gasteiger partial charge in [0, 0.05) is 28.1 Å². The van der Waals surface area contributed by atoms with E-state index in [9.17, 15) is 34.9 Å². The van der Waals surface area contributed by atoms with E-state index >= 15 is 0 Å². The van der Waals surface area contributed by atoms with Gasteiger partial charge >= 0.3 is 5.69 Å². The predicted octanol–water partition coefficient (Wildman–Crippen LogP) is 3.65. The molecule has 0 fully saturated rings. The van der Waals surface area contributed by atoms with Crippen molar-refractivity contribution in [2.24, 2.45) is 5.10 Å². The largest absolute Gasteiger partial charge is 0.502 e. The summed E-state index contributed by atoms with van der Waals surface area (Å²) < 4.78 is 0. The molecule has 2 amide bonds. The molecule has 12 heteroatoms. The Labute approximate surface area is 177 Å². The zero-order valence-electron chi connectivity index (χ0n) is 15.2. The molecule has 0 unspecified atom stereocenters. The lowest BCUT2D eigenvalue weighted by Gasteiger charge is -2.23. The van der Waals surface area contributed by atoms with Crippen molar-refractivity contribution in [3.05, 3.63) is 84.4 Å². The first-order chi connectivity index (χ1) is 14.7. The molecule has 0 aliphatic carbocycles. The van der Waals surface area contributed by atoms with Gasteiger partial charge in [0.1, 0.15) is 0 Å². The Morgan fingerprint density at radius 2 is 1.61 bits per heavy atom. The summed E-state index contributed by atoms with van der Waals surface area (Å²) in [5.41, 5.74) is -1.07. The van der Waals surface area contributed by atoms with Crippen LogP contribution in [0.25, 0.3) is 10.8 Å². The van der Waals surface area contributed by atoms with Gasteiger partial charge in [-0.25, -0.2) is 0 Å². The molecule has 0 spiro atoms. The number of benzene rings is 3. The van der Waals surface area contributed by atoms with Crippen molar-refractivity contribution in [3.63, 3.8) is 0 Å². The number of hydrazone groups is 1. The third kappa shape index (κ3) is 3.13. The summed E-state index contributed by atoms with van der Waals surface area (Å²) in [4.78, 5) is 46.6. The van der Waals surface area contributed by atoms with Gasteiger partial charge in [0.05, 0.1) is 32.6 Å². The summed E-state index contributed by atoms with van der Waals surface area (Å²) >= 11 is 5.83. The minimum absolute atomic E-state index is 0.0225. The van der Waals surface area contributed by atoms with E-state index < -0.39 is 33.1 Å². The van der Waals surface area contributed by atoms with Crippen LogP contribution in [-0.2, 0) is 0 Å². The number of hydrogen-bond donors (Lipinski definition) is 1. The van der Waals surface area contributed by atoms with Crippen LogP contribution in [0.1, 0.15) is 26.3 Å². The highest BCUT2D eigenvalue weighted by atomic mass is 35.5. The van der Waals surface area contributed by atoms with Crippen molar-refractivity contribution in [1.82, 2.24) is 5.01 Å². The standard InChI is InChI=1S/C19H9ClN4O7/c20-10-6-9(17(25)15(7-10)24(30)31)8-21-22-18(26)12-3-1-2-11-14(23(28)29)5-4-13(16(11)12)19(22)27/h1-8,25H. The molecule has 0 atom stereocenters. The molecule has 1 aliphatic heterocycles. The van der Waals surface area contributed by atoms with Crippen LogP contribution in [0.4, 0.5) is 11.4 Å². The molecule has 0 saturated carbocycles. The van der Waals surface area contributed by atoms with E-state index in [2.05, 4.69) is 5.10 Å². The fourth-order valence-electron chi connectivity index (χ4n) is 3.30. The lowest BCUT2D eigenvalue weighted by Crippen LogP contribution is -2.36. The molecule has 11 nitrogen and oxygen atoms in total. The molecule has 0 saturated heterocycles. The first-order valence-electron chi connectivity index (χ1n) is 8.50. The third-order valence-corrected chi connectivity index (χ3v) is 4.87. The molecule has 1 heterocycles. The van der Waals surface area contributed by atoms with Gasteiger partial charge in [-0.15, -0.1) is 0 Å². The number of phenols is 1. The number of phenolic OH excluding ortho intramolecular Hbond substituents is 1. The van der Waals surface area contributed by atoms with Gasteiger partial charge in [-0.3, -0.25) is 29.8 Å². The number of nitro groups is 2. The van der Waals surface area contributed by atoms with E-state index in [0.29, 0.717) is 5.01 Å². The highest BCUT2D eigenvalue weighted by molar-refractivity contribution is 6.31. The molecule has 0 bridgehead atoms. The molecule has 1 aliphatic rings. The number of carbonyl (C=O) groups excluding carboxylic acids is 2. The molecule has 0 radical (unpaired) electrons. The smallest absolute Gasteiger partial charge is 0.312 e. The van der Waals surface area contributed by atoms with Crippen molar-refractivity contribution in [3.8, 4) is 5.75 Å². The van der Waals surface area contributed by atoms with Crippen LogP contribution in [0.15, 0.2) is 47.6 Å². The molecular weight excluding hydrogens is 432 g/mol. The third-order valence-electron chi connectivity index (χ3n) is 4.65. The Hall–Kier alpha value is -4.38. The SMILES string of the molecule is O=C1c2cccc3c([N+](=O)[O-])ccc(c23)C(=O)N1N=Cc1cc(Cl)cc([N+](=O)[O-])c1O. The normalized spacial score (nSPS) is 13.3. The van der Waals surface area contributed by atoms with Gasteiger partial charge < -0.3 is 5.11 Å². The number of rotatable bonds is 4. The molecule has 31 heavy (non-hydrogen) atoms. The zero-order valence-corrected chi connectivity index (χ0v) is 15.9. The summed E-state index contributed by atoms with van der Waals surface area (Å²) in [5, 5.41) is 36.9. The van der Waals surface area contributed by atoms with Crippen LogP contribution in [0, 0.1) is 20.2 Å². The number of nitrogens with zero attached hydrogens (tertiary/aromatic N) is 4. The van der Waals surface area contributed by atoms with E-state index in [4.69, 9.17) is 11.6 Å². The predicted molar refractivity (Wildman–Crippen MR) is 108 cm³/mol. The zero-order chi connectivity index (χ0) is 22.4. The highest BCUT2D eigenvalue weighted by Gasteiger charge is 2.34. The first-order valence-corrected chi connectivity index (χ1v) is 8.88. The number of nitro benzene ring substituents is 2. The van der Waals surface area contributed by atoms with Crippen LogP contribution in [-0.4, -0.2) is 38.0 Å². The molecule has 4 rings (SSSR count). The Morgan fingerprint density at radius 3 is 2.26 bits per heavy atom. The van der Waals surface area contributed by atoms with Crippen LogP contribution in [0.3, 0.4) is 0 Å². The summed E-state index contributed by atoms with van der Waals surface area (Å²) in [5.74, 6) is -2.44. The first kappa shape index (κ1) is 19.9. The average Bonchev–Trinajstić information content (AvgIpc) is 2.73. The second-order valence-corrected chi connectivity index (χ2v) is 6.84. The van der Waals surface area contributed by atoms with Crippen LogP contribution < -0.4 is 0 Å². The second-order valence-electron chi connectivity index (χ2n) is 6.40. The molecule has 3 aromatic rings. The van der Waals surface area contributed by atoms with Gasteiger partial charge in [0.2, 0.25) is 5.75 Å². The summed E-state index contributed by atoms with van der Waals surface area (Å²) in [6.07, 6.45) is 0.889. The van der Waals surface area contributed by atoms with E-state index in [0.717, 1.165) is 18.3 Å². The lowest BCUT2D eigenvalue weighted by atomic mass is 9.94. The van der Waals surface area contributed by atoms with Gasteiger partial charge in [-0.05, 0) is 24.3 Å². The Balaban J connectivity index is 1.82. The topological polar surface area (TPSA) is 156 Å². The van der Waals surface area contributed by atoms with Crippen LogP contribution in [0.5, 0.6) is 5.75 Å². The number of amides is 2. The second kappa shape index (κ2) is 7.15. The molecule has 154 valence electrons. The van der Waals surface area contributed by atoms with E-state index in [-0.39, 0.29) is 38.2 Å². The average molecular weight is 441 g/mol. The number of carbonyl (C=O) groups is 2. The van der Waals surface area contributed by atoms with Gasteiger partial charge in [-0.1, -0.05) is 17.7 Å². The van der Waals surface area contributed by atoms with Gasteiger partial charge in [0.15, 0.2) is 0 Å². The quantitative estimate of drug-likeness (QED) is 0.281. The van der Waals surface area contributed by atoms with Crippen LogP contribution in [0.2, 0.25) is 5.02 Å². The molecule has 1 N–H and O–H groups in total. The van der Waals surface area contributed by atoms with E-state index in [1.807, 2.05) is 0 Å². The van der Waals surface area contributed by atoms with Crippen molar-refractivity contribution in [1.29, 1.82) is 0 Å². The van der Waals surface area contributed by atoms with Crippen molar-refractivity contribution in [2.45, 2.75) is 0 Å². The number of aromatic hydroxyl groups is 1. The maximum atomic E-state index is 12.9. The summed E-state index contributed by atoms with van der Waals surface area (Å²) in [7, 11) is 0. The minimum atomic E-state index is -0.851. The number of halogens is 1. The van der Waals surface area contributed by atoms with Crippen LogP contribution >= 0.6 is 11.6 Å². The Morgan fingerprint density at radius 1 is 0.968 bits per heavy atom. The fraction of sp³-hybridized carbons (Fsp3) is 0. The van der Waals surface area contributed by atoms with E-state index in [1.54, 1.807) is 0 Å². The van der Waals surface area contributed by atoms with Gasteiger partial charge in [0.25, 0.3) is 17.5 Å². The number of hydrogen-bond acceptors (Lipinski definition) is 8. The summed E-state index contributed by atoms with van der Waals surface area (Å²) in [6, 6.07) is 8.76. The Kier molecular flexibility index (Phi) is 4.59. The number of non-ortho nitro benzene ring substituents is 1. The van der Waals surface area contributed by atoms with Crippen molar-refractivity contribution >= 4 is 51.8 Å². The molecular formula is C19H9ClN4O7. The molecule has 0 aromatic heterocycles. The maximum Gasteiger partial charge on any atom is 0.312 e. The number of imide groups is 1. The molecule has 3 aromatic carbocycles. The highest BCUT2D eigenvalue weighted by Crippen LogP contribution is 2.36. The minimum Gasteiger partial charge on any atom is -0.502 e. The van der Waals surface area contributed by atoms with Gasteiger partial charge in [-0.2, -0.15) is 10.1 Å². The fourth-order valence-corrected chi connectivity index (χ4v) is 3.52. The maximum absolute atomic E-state index is 12.9. The van der Waals surface area contributed by atoms with E-state index in [1.165, 1.54) is 30.3 Å². The summed E-state index contributed by atoms with van der Waals surface area (Å²) in [6.45, 7) is 0. The van der Waals surface area contributed by atoms with Crippen molar-refractivity contribution in [2.75, 3.05) is 0 Å². The van der Waals surface area contributed by atoms with Crippen molar-refractivity contribution < 1.29 is 24.5 Å². The Bertz CT molecular complexity index is 1350.